The topological polar surface area (TPSA) is 99.8 Å². The van der Waals surface area contributed by atoms with Crippen molar-refractivity contribution >= 4 is 21.6 Å². The third-order valence-electron chi connectivity index (χ3n) is 4.87. The smallest absolute Gasteiger partial charge is 0.262 e. The van der Waals surface area contributed by atoms with Crippen molar-refractivity contribution < 1.29 is 4.52 Å². The van der Waals surface area contributed by atoms with Gasteiger partial charge in [0, 0.05) is 4.88 Å². The van der Waals surface area contributed by atoms with Gasteiger partial charge in [-0.1, -0.05) is 18.0 Å². The molecule has 0 bridgehead atoms. The second kappa shape index (κ2) is 5.49. The Kier molecular flexibility index (Phi) is 3.54. The van der Waals surface area contributed by atoms with Gasteiger partial charge in [-0.25, -0.2) is 4.98 Å². The molecule has 0 radical (unpaired) electrons. The van der Waals surface area contributed by atoms with Crippen molar-refractivity contribution in [2.45, 2.75) is 51.6 Å². The number of hydrogen-bond donors (Lipinski definition) is 1. The summed E-state index contributed by atoms with van der Waals surface area (Å²) in [5.41, 5.74) is 6.77. The van der Waals surface area contributed by atoms with Crippen molar-refractivity contribution in [2.24, 2.45) is 5.73 Å². The molecule has 126 valence electrons. The highest BCUT2D eigenvalue weighted by atomic mass is 32.1. The molecule has 0 amide bonds. The molecule has 2 N–H and O–H groups in total. The first-order valence-corrected chi connectivity index (χ1v) is 8.87. The number of thiophene rings is 1. The second-order valence-corrected chi connectivity index (χ2v) is 7.72. The van der Waals surface area contributed by atoms with Gasteiger partial charge >= 0.3 is 0 Å². The molecule has 0 atom stereocenters. The zero-order chi connectivity index (χ0) is 16.9. The molecule has 3 heterocycles. The Morgan fingerprint density at radius 1 is 1.38 bits per heavy atom. The maximum atomic E-state index is 12.7. The van der Waals surface area contributed by atoms with Crippen molar-refractivity contribution in [1.29, 1.82) is 0 Å². The maximum Gasteiger partial charge on any atom is 0.262 e. The van der Waals surface area contributed by atoms with Gasteiger partial charge in [0.2, 0.25) is 5.89 Å². The molecule has 4 rings (SSSR count). The van der Waals surface area contributed by atoms with Gasteiger partial charge in [-0.15, -0.1) is 11.3 Å². The SMILES string of the molecule is Cc1sc2ncn(Cc3nc(C4(N)CCCC4)no3)c(=O)c2c1C. The fraction of sp³-hybridized carbons (Fsp3) is 0.500. The van der Waals surface area contributed by atoms with Crippen molar-refractivity contribution in [3.63, 3.8) is 0 Å². The monoisotopic (exact) mass is 345 g/mol. The lowest BCUT2D eigenvalue weighted by Crippen LogP contribution is -2.34. The number of fused-ring (bicyclic) bond motifs is 1. The van der Waals surface area contributed by atoms with E-state index in [0.29, 0.717) is 17.1 Å². The minimum Gasteiger partial charge on any atom is -0.337 e. The van der Waals surface area contributed by atoms with Crippen LogP contribution in [-0.4, -0.2) is 19.7 Å². The molecule has 24 heavy (non-hydrogen) atoms. The highest BCUT2D eigenvalue weighted by Gasteiger charge is 2.36. The molecule has 0 spiro atoms. The predicted octanol–water partition coefficient (Wildman–Crippen LogP) is 2.23. The largest absolute Gasteiger partial charge is 0.337 e. The van der Waals surface area contributed by atoms with E-state index in [2.05, 4.69) is 15.1 Å². The van der Waals surface area contributed by atoms with Gasteiger partial charge in [-0.2, -0.15) is 4.98 Å². The summed E-state index contributed by atoms with van der Waals surface area (Å²) in [6.07, 6.45) is 5.44. The molecule has 3 aromatic rings. The van der Waals surface area contributed by atoms with E-state index in [0.717, 1.165) is 41.0 Å². The fourth-order valence-corrected chi connectivity index (χ4v) is 4.27. The third-order valence-corrected chi connectivity index (χ3v) is 5.99. The van der Waals surface area contributed by atoms with E-state index in [1.54, 1.807) is 0 Å². The van der Waals surface area contributed by atoms with E-state index in [4.69, 9.17) is 10.3 Å². The Bertz CT molecular complexity index is 965. The summed E-state index contributed by atoms with van der Waals surface area (Å²) < 4.78 is 6.83. The van der Waals surface area contributed by atoms with Crippen LogP contribution in [0.2, 0.25) is 0 Å². The summed E-state index contributed by atoms with van der Waals surface area (Å²) >= 11 is 1.54. The van der Waals surface area contributed by atoms with E-state index in [1.807, 2.05) is 13.8 Å². The standard InChI is InChI=1S/C16H19N5O2S/c1-9-10(2)24-13-12(9)14(22)21(8-18-13)7-11-19-15(20-23-11)16(17)5-3-4-6-16/h8H,3-7,17H2,1-2H3. The van der Waals surface area contributed by atoms with E-state index in [-0.39, 0.29) is 12.1 Å². The number of aryl methyl sites for hydroxylation is 2. The van der Waals surface area contributed by atoms with Crippen LogP contribution in [0.1, 0.15) is 47.8 Å². The highest BCUT2D eigenvalue weighted by Crippen LogP contribution is 2.34. The highest BCUT2D eigenvalue weighted by molar-refractivity contribution is 7.18. The summed E-state index contributed by atoms with van der Waals surface area (Å²) in [5.74, 6) is 0.925. The van der Waals surface area contributed by atoms with E-state index in [9.17, 15) is 4.79 Å². The van der Waals surface area contributed by atoms with Crippen molar-refractivity contribution in [3.05, 3.63) is 38.8 Å². The second-order valence-electron chi connectivity index (χ2n) is 6.52. The molecule has 0 saturated heterocycles. The van der Waals surface area contributed by atoms with Crippen LogP contribution < -0.4 is 11.3 Å². The third kappa shape index (κ3) is 2.37. The summed E-state index contributed by atoms with van der Waals surface area (Å²) in [4.78, 5) is 23.4. The Labute approximate surface area is 142 Å². The first-order chi connectivity index (χ1) is 11.5. The van der Waals surface area contributed by atoms with Gasteiger partial charge in [0.15, 0.2) is 5.82 Å². The van der Waals surface area contributed by atoms with Crippen LogP contribution in [0.3, 0.4) is 0 Å². The van der Waals surface area contributed by atoms with Gasteiger partial charge in [0.05, 0.1) is 17.3 Å². The fourth-order valence-electron chi connectivity index (χ4n) is 3.28. The number of rotatable bonds is 3. The lowest BCUT2D eigenvalue weighted by Gasteiger charge is -2.17. The zero-order valence-electron chi connectivity index (χ0n) is 13.7. The molecule has 0 aliphatic heterocycles. The molecule has 1 aliphatic rings. The molecule has 8 heteroatoms. The zero-order valence-corrected chi connectivity index (χ0v) is 14.5. The molecule has 3 aromatic heterocycles. The summed E-state index contributed by atoms with van der Waals surface area (Å²) in [5, 5.41) is 4.71. The minimum absolute atomic E-state index is 0.0788. The van der Waals surface area contributed by atoms with Crippen LogP contribution >= 0.6 is 11.3 Å². The molecule has 0 aromatic carbocycles. The van der Waals surface area contributed by atoms with Gasteiger partial charge in [0.25, 0.3) is 5.56 Å². The van der Waals surface area contributed by atoms with Gasteiger partial charge < -0.3 is 10.3 Å². The normalized spacial score (nSPS) is 17.0. The molecule has 1 fully saturated rings. The van der Waals surface area contributed by atoms with Gasteiger partial charge in [-0.3, -0.25) is 9.36 Å². The molecular weight excluding hydrogens is 326 g/mol. The maximum absolute atomic E-state index is 12.7. The number of nitrogens with zero attached hydrogens (tertiary/aromatic N) is 4. The Morgan fingerprint density at radius 3 is 2.88 bits per heavy atom. The molecular formula is C16H19N5O2S. The molecule has 7 nitrogen and oxygen atoms in total. The van der Waals surface area contributed by atoms with E-state index in [1.165, 1.54) is 22.2 Å². The lowest BCUT2D eigenvalue weighted by molar-refractivity contribution is 0.343. The average molecular weight is 345 g/mol. The van der Waals surface area contributed by atoms with Crippen LogP contribution in [0.25, 0.3) is 10.2 Å². The summed E-state index contributed by atoms with van der Waals surface area (Å²) in [6, 6.07) is 0. The minimum atomic E-state index is -0.490. The number of nitrogens with two attached hydrogens (primary N) is 1. The summed E-state index contributed by atoms with van der Waals surface area (Å²) in [7, 11) is 0. The molecule has 1 saturated carbocycles. The Hall–Kier alpha value is -2.06. The lowest BCUT2D eigenvalue weighted by atomic mass is 9.99. The van der Waals surface area contributed by atoms with Crippen molar-refractivity contribution in [3.8, 4) is 0 Å². The Morgan fingerprint density at radius 2 is 2.12 bits per heavy atom. The van der Waals surface area contributed by atoms with Crippen molar-refractivity contribution in [2.75, 3.05) is 0 Å². The first-order valence-electron chi connectivity index (χ1n) is 8.05. The van der Waals surface area contributed by atoms with Crippen LogP contribution in [0.5, 0.6) is 0 Å². The van der Waals surface area contributed by atoms with Crippen LogP contribution in [-0.2, 0) is 12.1 Å². The van der Waals surface area contributed by atoms with Crippen LogP contribution in [0.15, 0.2) is 15.6 Å². The Balaban J connectivity index is 1.68. The van der Waals surface area contributed by atoms with Gasteiger partial charge in [0.1, 0.15) is 11.4 Å². The van der Waals surface area contributed by atoms with Crippen LogP contribution in [0.4, 0.5) is 0 Å². The number of hydrogen-bond acceptors (Lipinski definition) is 7. The molecule has 0 unspecified atom stereocenters. The van der Waals surface area contributed by atoms with Gasteiger partial charge in [-0.05, 0) is 32.3 Å². The molecule has 1 aliphatic carbocycles. The van der Waals surface area contributed by atoms with Crippen molar-refractivity contribution in [1.82, 2.24) is 19.7 Å². The first kappa shape index (κ1) is 15.5. The predicted molar refractivity (Wildman–Crippen MR) is 91.1 cm³/mol. The number of aromatic nitrogens is 4. The van der Waals surface area contributed by atoms with E-state index >= 15 is 0 Å². The van der Waals surface area contributed by atoms with E-state index < -0.39 is 5.54 Å². The quantitative estimate of drug-likeness (QED) is 0.781. The van der Waals surface area contributed by atoms with Crippen LogP contribution in [0, 0.1) is 13.8 Å². The summed E-state index contributed by atoms with van der Waals surface area (Å²) in [6.45, 7) is 4.15. The average Bonchev–Trinajstić information content (AvgIpc) is 3.25.